The molecule has 1 aliphatic rings. The number of hydrogen-bond acceptors (Lipinski definition) is 2. The molecule has 108 valence electrons. The minimum Gasteiger partial charge on any atom is -0.464 e. The van der Waals surface area contributed by atoms with Gasteiger partial charge in [-0.05, 0) is 49.5 Å². The van der Waals surface area contributed by atoms with Crippen molar-refractivity contribution >= 4 is 17.6 Å². The molecular formula is C18H19NO2. The summed E-state index contributed by atoms with van der Waals surface area (Å²) < 4.78 is 4.77. The lowest BCUT2D eigenvalue weighted by molar-refractivity contribution is 0.0594. The minimum absolute atomic E-state index is 0.310. The predicted molar refractivity (Wildman–Crippen MR) is 84.2 cm³/mol. The molecule has 21 heavy (non-hydrogen) atoms. The molecule has 0 fully saturated rings. The van der Waals surface area contributed by atoms with Crippen LogP contribution in [0.1, 0.15) is 44.9 Å². The molecule has 3 rings (SSSR count). The van der Waals surface area contributed by atoms with Gasteiger partial charge in [-0.15, -0.1) is 0 Å². The maximum absolute atomic E-state index is 11.6. The molecule has 0 saturated carbocycles. The first-order valence-electron chi connectivity index (χ1n) is 7.16. The fraction of sp³-hybridized carbons (Fsp3) is 0.278. The van der Waals surface area contributed by atoms with Gasteiger partial charge in [0, 0.05) is 5.69 Å². The van der Waals surface area contributed by atoms with Gasteiger partial charge in [0.25, 0.3) is 0 Å². The molecule has 3 heteroatoms. The molecule has 0 aliphatic heterocycles. The summed E-state index contributed by atoms with van der Waals surface area (Å²) in [5, 5.41) is 0. The second-order valence-electron chi connectivity index (χ2n) is 5.66. The van der Waals surface area contributed by atoms with Crippen LogP contribution in [0.3, 0.4) is 0 Å². The number of H-pyrrole nitrogens is 1. The summed E-state index contributed by atoms with van der Waals surface area (Å²) in [6, 6.07) is 8.45. The molecule has 0 amide bonds. The van der Waals surface area contributed by atoms with Crippen LogP contribution in [0.25, 0.3) is 11.6 Å². The van der Waals surface area contributed by atoms with E-state index in [1.807, 2.05) is 6.07 Å². The van der Waals surface area contributed by atoms with Crippen molar-refractivity contribution in [1.82, 2.24) is 4.98 Å². The first kappa shape index (κ1) is 13.7. The standard InChI is InChI=1S/C18H19NO2/c1-11-6-12(2)8-13(7-11)9-14-4-5-16-15(14)10-17(19-16)18(20)21-3/h6-10,19H,4-5H2,1-3H3/b14-9-. The smallest absolute Gasteiger partial charge is 0.354 e. The van der Waals surface area contributed by atoms with Gasteiger partial charge >= 0.3 is 5.97 Å². The molecule has 2 aromatic rings. The fourth-order valence-electron chi connectivity index (χ4n) is 3.04. The molecule has 0 atom stereocenters. The lowest BCUT2D eigenvalue weighted by Gasteiger charge is -2.02. The van der Waals surface area contributed by atoms with Crippen LogP contribution in [-0.4, -0.2) is 18.1 Å². The number of ether oxygens (including phenoxy) is 1. The van der Waals surface area contributed by atoms with Crippen molar-refractivity contribution in [2.75, 3.05) is 7.11 Å². The second kappa shape index (κ2) is 5.24. The van der Waals surface area contributed by atoms with Gasteiger partial charge in [0.05, 0.1) is 7.11 Å². The maximum Gasteiger partial charge on any atom is 0.354 e. The van der Waals surface area contributed by atoms with Crippen LogP contribution in [0.15, 0.2) is 24.3 Å². The first-order chi connectivity index (χ1) is 10.1. The van der Waals surface area contributed by atoms with E-state index in [0.29, 0.717) is 5.69 Å². The van der Waals surface area contributed by atoms with Gasteiger partial charge in [-0.2, -0.15) is 0 Å². The van der Waals surface area contributed by atoms with Crippen molar-refractivity contribution in [3.8, 4) is 0 Å². The third kappa shape index (κ3) is 2.64. The molecule has 0 saturated heterocycles. The minimum atomic E-state index is -0.310. The number of nitrogens with one attached hydrogen (secondary N) is 1. The zero-order valence-electron chi connectivity index (χ0n) is 12.6. The number of aryl methyl sites for hydroxylation is 3. The van der Waals surface area contributed by atoms with Gasteiger partial charge in [0.2, 0.25) is 0 Å². The monoisotopic (exact) mass is 281 g/mol. The fourth-order valence-corrected chi connectivity index (χ4v) is 3.04. The number of methoxy groups -OCH3 is 1. The first-order valence-corrected chi connectivity index (χ1v) is 7.16. The Hall–Kier alpha value is -2.29. The number of fused-ring (bicyclic) bond motifs is 1. The quantitative estimate of drug-likeness (QED) is 0.848. The zero-order chi connectivity index (χ0) is 15.0. The topological polar surface area (TPSA) is 42.1 Å². The van der Waals surface area contributed by atoms with E-state index in [0.717, 1.165) is 24.1 Å². The van der Waals surface area contributed by atoms with Gasteiger partial charge in [0.1, 0.15) is 5.69 Å². The number of carbonyl (C=O) groups excluding carboxylic acids is 1. The number of aromatic amines is 1. The van der Waals surface area contributed by atoms with E-state index in [1.165, 1.54) is 29.4 Å². The van der Waals surface area contributed by atoms with Gasteiger partial charge < -0.3 is 9.72 Å². The number of carbonyl (C=O) groups is 1. The zero-order valence-corrected chi connectivity index (χ0v) is 12.6. The Morgan fingerprint density at radius 3 is 2.52 bits per heavy atom. The summed E-state index contributed by atoms with van der Waals surface area (Å²) in [6.07, 6.45) is 4.18. The predicted octanol–water partition coefficient (Wildman–Crippen LogP) is 3.90. The lowest BCUT2D eigenvalue weighted by Crippen LogP contribution is -2.01. The number of rotatable bonds is 2. The van der Waals surface area contributed by atoms with E-state index in [2.05, 4.69) is 43.1 Å². The number of hydrogen-bond donors (Lipinski definition) is 1. The van der Waals surface area contributed by atoms with Crippen molar-refractivity contribution in [1.29, 1.82) is 0 Å². The normalized spacial score (nSPS) is 15.3. The maximum atomic E-state index is 11.6. The molecular weight excluding hydrogens is 262 g/mol. The summed E-state index contributed by atoms with van der Waals surface area (Å²) in [5.41, 5.74) is 7.85. The number of esters is 1. The Kier molecular flexibility index (Phi) is 3.42. The van der Waals surface area contributed by atoms with Crippen LogP contribution in [-0.2, 0) is 11.2 Å². The molecule has 1 aromatic carbocycles. The van der Waals surface area contributed by atoms with Crippen LogP contribution in [0, 0.1) is 13.8 Å². The summed E-state index contributed by atoms with van der Waals surface area (Å²) in [6.45, 7) is 4.22. The highest BCUT2D eigenvalue weighted by Gasteiger charge is 2.21. The summed E-state index contributed by atoms with van der Waals surface area (Å²) >= 11 is 0. The molecule has 0 radical (unpaired) electrons. The SMILES string of the molecule is COC(=O)c1cc2c([nH]1)CC/C2=C/c1cc(C)cc(C)c1. The van der Waals surface area contributed by atoms with Gasteiger partial charge in [-0.3, -0.25) is 0 Å². The van der Waals surface area contributed by atoms with Crippen LogP contribution >= 0.6 is 0 Å². The molecule has 0 spiro atoms. The van der Waals surface area contributed by atoms with Crippen LogP contribution in [0.4, 0.5) is 0 Å². The molecule has 1 aromatic heterocycles. The largest absolute Gasteiger partial charge is 0.464 e. The van der Waals surface area contributed by atoms with E-state index in [1.54, 1.807) is 0 Å². The van der Waals surface area contributed by atoms with Gasteiger partial charge in [-0.1, -0.05) is 35.4 Å². The summed E-state index contributed by atoms with van der Waals surface area (Å²) in [5.74, 6) is -0.310. The van der Waals surface area contributed by atoms with E-state index in [4.69, 9.17) is 4.74 Å². The van der Waals surface area contributed by atoms with Crippen molar-refractivity contribution in [3.05, 3.63) is 57.9 Å². The molecule has 1 aliphatic carbocycles. The Balaban J connectivity index is 1.98. The van der Waals surface area contributed by atoms with Gasteiger partial charge in [-0.25, -0.2) is 4.79 Å². The summed E-state index contributed by atoms with van der Waals surface area (Å²) in [4.78, 5) is 14.8. The molecule has 0 bridgehead atoms. The average molecular weight is 281 g/mol. The Morgan fingerprint density at radius 2 is 1.86 bits per heavy atom. The van der Waals surface area contributed by atoms with Gasteiger partial charge in [0.15, 0.2) is 0 Å². The van der Waals surface area contributed by atoms with Crippen molar-refractivity contribution in [2.24, 2.45) is 0 Å². The third-order valence-electron chi connectivity index (χ3n) is 3.88. The van der Waals surface area contributed by atoms with E-state index < -0.39 is 0 Å². The second-order valence-corrected chi connectivity index (χ2v) is 5.66. The van der Waals surface area contributed by atoms with E-state index in [9.17, 15) is 4.79 Å². The Bertz CT molecular complexity index is 717. The van der Waals surface area contributed by atoms with E-state index in [-0.39, 0.29) is 5.97 Å². The average Bonchev–Trinajstić information content (AvgIpc) is 2.99. The summed E-state index contributed by atoms with van der Waals surface area (Å²) in [7, 11) is 1.40. The molecule has 0 unspecified atom stereocenters. The van der Waals surface area contributed by atoms with Crippen molar-refractivity contribution in [2.45, 2.75) is 26.7 Å². The number of allylic oxidation sites excluding steroid dienone is 1. The molecule has 1 heterocycles. The van der Waals surface area contributed by atoms with Crippen molar-refractivity contribution < 1.29 is 9.53 Å². The van der Waals surface area contributed by atoms with E-state index >= 15 is 0 Å². The number of benzene rings is 1. The molecule has 3 nitrogen and oxygen atoms in total. The van der Waals surface area contributed by atoms with Crippen molar-refractivity contribution in [3.63, 3.8) is 0 Å². The Labute approximate surface area is 124 Å². The highest BCUT2D eigenvalue weighted by atomic mass is 16.5. The Morgan fingerprint density at radius 1 is 1.14 bits per heavy atom. The highest BCUT2D eigenvalue weighted by molar-refractivity contribution is 5.92. The van der Waals surface area contributed by atoms with Crippen LogP contribution < -0.4 is 0 Å². The van der Waals surface area contributed by atoms with Crippen LogP contribution in [0.5, 0.6) is 0 Å². The molecule has 1 N–H and O–H groups in total. The number of aromatic nitrogens is 1. The third-order valence-corrected chi connectivity index (χ3v) is 3.88. The lowest BCUT2D eigenvalue weighted by atomic mass is 10.0. The van der Waals surface area contributed by atoms with Crippen LogP contribution in [0.2, 0.25) is 0 Å². The highest BCUT2D eigenvalue weighted by Crippen LogP contribution is 2.34.